The molecular formula is C12H15N3O. The first-order valence-electron chi connectivity index (χ1n) is 5.28. The Kier molecular flexibility index (Phi) is 2.64. The van der Waals surface area contributed by atoms with Crippen LogP contribution in [0.15, 0.2) is 24.3 Å². The van der Waals surface area contributed by atoms with Crippen LogP contribution in [0.2, 0.25) is 0 Å². The Morgan fingerprint density at radius 2 is 1.81 bits per heavy atom. The lowest BCUT2D eigenvalue weighted by atomic mass is 10.2. The minimum absolute atomic E-state index is 0.253. The molecule has 2 aromatic rings. The van der Waals surface area contributed by atoms with Crippen molar-refractivity contribution < 1.29 is 5.11 Å². The molecule has 0 aliphatic rings. The third kappa shape index (κ3) is 1.91. The van der Waals surface area contributed by atoms with Gasteiger partial charge in [0.25, 0.3) is 0 Å². The fraction of sp³-hybridized carbons (Fsp3) is 0.333. The molecule has 0 aliphatic carbocycles. The van der Waals surface area contributed by atoms with Gasteiger partial charge in [-0.05, 0) is 24.3 Å². The predicted octanol–water partition coefficient (Wildman–Crippen LogP) is 2.31. The summed E-state index contributed by atoms with van der Waals surface area (Å²) in [5.74, 6) is 2.27. The zero-order valence-corrected chi connectivity index (χ0v) is 9.68. The van der Waals surface area contributed by atoms with E-state index in [0.29, 0.717) is 11.7 Å². The maximum Gasteiger partial charge on any atom is 0.181 e. The van der Waals surface area contributed by atoms with Crippen LogP contribution in [-0.2, 0) is 7.05 Å². The second-order valence-corrected chi connectivity index (χ2v) is 4.12. The van der Waals surface area contributed by atoms with Crippen LogP contribution in [0.4, 0.5) is 0 Å². The van der Waals surface area contributed by atoms with Gasteiger partial charge in [0, 0.05) is 18.5 Å². The lowest BCUT2D eigenvalue weighted by molar-refractivity contribution is 0.475. The third-order valence-electron chi connectivity index (χ3n) is 2.44. The number of benzene rings is 1. The second kappa shape index (κ2) is 3.96. The van der Waals surface area contributed by atoms with Crippen LogP contribution in [0.25, 0.3) is 11.4 Å². The number of rotatable bonds is 2. The van der Waals surface area contributed by atoms with Crippen LogP contribution in [0.5, 0.6) is 5.75 Å². The molecule has 84 valence electrons. The molecule has 0 bridgehead atoms. The molecule has 0 aliphatic heterocycles. The molecular weight excluding hydrogens is 202 g/mol. The highest BCUT2D eigenvalue weighted by atomic mass is 16.3. The van der Waals surface area contributed by atoms with Crippen LogP contribution in [0.3, 0.4) is 0 Å². The van der Waals surface area contributed by atoms with Gasteiger partial charge >= 0.3 is 0 Å². The van der Waals surface area contributed by atoms with Crippen molar-refractivity contribution in [1.82, 2.24) is 14.8 Å². The third-order valence-corrected chi connectivity index (χ3v) is 2.44. The largest absolute Gasteiger partial charge is 0.508 e. The van der Waals surface area contributed by atoms with Crippen molar-refractivity contribution in [2.24, 2.45) is 7.05 Å². The fourth-order valence-corrected chi connectivity index (χ4v) is 1.63. The summed E-state index contributed by atoms with van der Waals surface area (Å²) in [7, 11) is 1.90. The van der Waals surface area contributed by atoms with Crippen LogP contribution >= 0.6 is 0 Å². The average molecular weight is 217 g/mol. The summed E-state index contributed by atoms with van der Waals surface area (Å²) in [6, 6.07) is 6.91. The number of hydrogen-bond acceptors (Lipinski definition) is 3. The van der Waals surface area contributed by atoms with Crippen molar-refractivity contribution in [1.29, 1.82) is 0 Å². The molecule has 1 aromatic heterocycles. The summed E-state index contributed by atoms with van der Waals surface area (Å²) in [4.78, 5) is 4.48. The van der Waals surface area contributed by atoms with Crippen molar-refractivity contribution in [3.63, 3.8) is 0 Å². The molecule has 1 aromatic carbocycles. The number of aromatic hydroxyl groups is 1. The Morgan fingerprint density at radius 3 is 2.31 bits per heavy atom. The molecule has 0 radical (unpaired) electrons. The highest BCUT2D eigenvalue weighted by molar-refractivity contribution is 5.55. The Morgan fingerprint density at radius 1 is 1.19 bits per heavy atom. The first-order chi connectivity index (χ1) is 7.58. The van der Waals surface area contributed by atoms with Gasteiger partial charge in [-0.2, -0.15) is 5.10 Å². The Bertz CT molecular complexity index is 485. The van der Waals surface area contributed by atoms with E-state index in [4.69, 9.17) is 0 Å². The summed E-state index contributed by atoms with van der Waals surface area (Å²) in [6.45, 7) is 4.18. The highest BCUT2D eigenvalue weighted by Crippen LogP contribution is 2.20. The summed E-state index contributed by atoms with van der Waals surface area (Å²) in [6.07, 6.45) is 0. The molecule has 0 amide bonds. The van der Waals surface area contributed by atoms with E-state index in [9.17, 15) is 5.11 Å². The van der Waals surface area contributed by atoms with Gasteiger partial charge in [0.1, 0.15) is 11.6 Å². The molecule has 0 fully saturated rings. The monoisotopic (exact) mass is 217 g/mol. The second-order valence-electron chi connectivity index (χ2n) is 4.12. The number of phenolic OH excluding ortho intramolecular Hbond substituents is 1. The summed E-state index contributed by atoms with van der Waals surface area (Å²) in [5, 5.41) is 13.6. The van der Waals surface area contributed by atoms with Gasteiger partial charge in [0.05, 0.1) is 0 Å². The molecule has 0 unspecified atom stereocenters. The van der Waals surface area contributed by atoms with Crippen LogP contribution in [0.1, 0.15) is 25.6 Å². The molecule has 4 heteroatoms. The van der Waals surface area contributed by atoms with Gasteiger partial charge in [-0.1, -0.05) is 13.8 Å². The van der Waals surface area contributed by atoms with Crippen LogP contribution < -0.4 is 0 Å². The van der Waals surface area contributed by atoms with E-state index in [1.165, 1.54) is 0 Å². The Hall–Kier alpha value is -1.84. The SMILES string of the molecule is CC(C)c1nc(-c2ccc(O)cc2)nn1C. The number of hydrogen-bond donors (Lipinski definition) is 1. The zero-order valence-electron chi connectivity index (χ0n) is 9.68. The Balaban J connectivity index is 2.41. The quantitative estimate of drug-likeness (QED) is 0.839. The lowest BCUT2D eigenvalue weighted by Gasteiger charge is -2.00. The predicted molar refractivity (Wildman–Crippen MR) is 62.2 cm³/mol. The van der Waals surface area contributed by atoms with Crippen molar-refractivity contribution in [3.05, 3.63) is 30.1 Å². The number of phenols is 1. The molecule has 16 heavy (non-hydrogen) atoms. The van der Waals surface area contributed by atoms with Gasteiger partial charge < -0.3 is 5.11 Å². The fourth-order valence-electron chi connectivity index (χ4n) is 1.63. The highest BCUT2D eigenvalue weighted by Gasteiger charge is 2.11. The first-order valence-corrected chi connectivity index (χ1v) is 5.28. The summed E-state index contributed by atoms with van der Waals surface area (Å²) >= 11 is 0. The van der Waals surface area contributed by atoms with Gasteiger partial charge in [-0.3, -0.25) is 4.68 Å². The molecule has 0 saturated heterocycles. The van der Waals surface area contributed by atoms with Crippen molar-refractivity contribution in [3.8, 4) is 17.1 Å². The van der Waals surface area contributed by atoms with E-state index in [0.717, 1.165) is 11.4 Å². The maximum absolute atomic E-state index is 9.21. The summed E-state index contributed by atoms with van der Waals surface area (Å²) < 4.78 is 1.80. The van der Waals surface area contributed by atoms with E-state index in [2.05, 4.69) is 23.9 Å². The van der Waals surface area contributed by atoms with Gasteiger partial charge in [0.2, 0.25) is 0 Å². The number of aromatic nitrogens is 3. The molecule has 0 spiro atoms. The maximum atomic E-state index is 9.21. The molecule has 1 N–H and O–H groups in total. The van der Waals surface area contributed by atoms with Crippen molar-refractivity contribution >= 4 is 0 Å². The normalized spacial score (nSPS) is 11.0. The minimum Gasteiger partial charge on any atom is -0.508 e. The minimum atomic E-state index is 0.253. The standard InChI is InChI=1S/C12H15N3O/c1-8(2)12-13-11(14-15(12)3)9-4-6-10(16)7-5-9/h4-8,16H,1-3H3. The van der Waals surface area contributed by atoms with Crippen LogP contribution in [0, 0.1) is 0 Å². The lowest BCUT2D eigenvalue weighted by Crippen LogP contribution is -2.00. The smallest absolute Gasteiger partial charge is 0.181 e. The average Bonchev–Trinajstić information content (AvgIpc) is 2.61. The van der Waals surface area contributed by atoms with E-state index in [1.807, 2.05) is 19.2 Å². The molecule has 4 nitrogen and oxygen atoms in total. The van der Waals surface area contributed by atoms with E-state index < -0.39 is 0 Å². The van der Waals surface area contributed by atoms with Crippen molar-refractivity contribution in [2.75, 3.05) is 0 Å². The molecule has 2 rings (SSSR count). The number of aryl methyl sites for hydroxylation is 1. The first kappa shape index (κ1) is 10.7. The Labute approximate surface area is 94.6 Å². The molecule has 0 saturated carbocycles. The summed E-state index contributed by atoms with van der Waals surface area (Å²) in [5.41, 5.74) is 0.917. The molecule has 1 heterocycles. The zero-order chi connectivity index (χ0) is 11.7. The van der Waals surface area contributed by atoms with Crippen molar-refractivity contribution in [2.45, 2.75) is 19.8 Å². The van der Waals surface area contributed by atoms with E-state index >= 15 is 0 Å². The van der Waals surface area contributed by atoms with Gasteiger partial charge in [-0.15, -0.1) is 0 Å². The van der Waals surface area contributed by atoms with E-state index in [-0.39, 0.29) is 5.75 Å². The van der Waals surface area contributed by atoms with E-state index in [1.54, 1.807) is 16.8 Å². The van der Waals surface area contributed by atoms with Gasteiger partial charge in [0.15, 0.2) is 5.82 Å². The molecule has 0 atom stereocenters. The van der Waals surface area contributed by atoms with Gasteiger partial charge in [-0.25, -0.2) is 4.98 Å². The van der Waals surface area contributed by atoms with Crippen LogP contribution in [-0.4, -0.2) is 19.9 Å². The topological polar surface area (TPSA) is 50.9 Å². The number of nitrogens with zero attached hydrogens (tertiary/aromatic N) is 3.